The maximum atomic E-state index is 11.0. The van der Waals surface area contributed by atoms with Gasteiger partial charge in [-0.3, -0.25) is 0 Å². The van der Waals surface area contributed by atoms with Crippen LogP contribution in [0.3, 0.4) is 0 Å². The van der Waals surface area contributed by atoms with Crippen LogP contribution < -0.4 is 5.63 Å². The van der Waals surface area contributed by atoms with E-state index < -0.39 is 0 Å². The minimum absolute atomic E-state index is 0.252. The average Bonchev–Trinajstić information content (AvgIpc) is 2.69. The third-order valence-electron chi connectivity index (χ3n) is 2.84. The highest BCUT2D eigenvalue weighted by atomic mass is 16.4. The molecule has 0 saturated heterocycles. The molecule has 0 fully saturated rings. The SMILES string of the molecule is O=c1cc2ccc3c(cc-2o1)CCC3. The van der Waals surface area contributed by atoms with Gasteiger partial charge in [0.15, 0.2) is 0 Å². The number of hydrogen-bond donors (Lipinski definition) is 0. The molecular formula is C12H10O2. The van der Waals surface area contributed by atoms with Crippen molar-refractivity contribution < 1.29 is 4.42 Å². The van der Waals surface area contributed by atoms with E-state index >= 15 is 0 Å². The van der Waals surface area contributed by atoms with Gasteiger partial charge in [0.05, 0.1) is 0 Å². The topological polar surface area (TPSA) is 30.2 Å². The van der Waals surface area contributed by atoms with E-state index in [0.717, 1.165) is 24.2 Å². The van der Waals surface area contributed by atoms with Gasteiger partial charge in [0.2, 0.25) is 0 Å². The minimum atomic E-state index is -0.252. The molecule has 0 atom stereocenters. The minimum Gasteiger partial charge on any atom is -0.423 e. The van der Waals surface area contributed by atoms with E-state index in [9.17, 15) is 4.79 Å². The van der Waals surface area contributed by atoms with Gasteiger partial charge in [-0.25, -0.2) is 4.79 Å². The Balaban J connectivity index is 2.34. The second-order valence-electron chi connectivity index (χ2n) is 3.77. The molecule has 14 heavy (non-hydrogen) atoms. The molecule has 2 heteroatoms. The van der Waals surface area contributed by atoms with E-state index in [4.69, 9.17) is 4.42 Å². The maximum absolute atomic E-state index is 11.0. The number of fused-ring (bicyclic) bond motifs is 2. The van der Waals surface area contributed by atoms with Gasteiger partial charge < -0.3 is 4.42 Å². The van der Waals surface area contributed by atoms with Crippen molar-refractivity contribution in [1.82, 2.24) is 0 Å². The normalized spacial score (nSPS) is 14.6. The Hall–Kier alpha value is -1.57. The van der Waals surface area contributed by atoms with Crippen molar-refractivity contribution in [2.24, 2.45) is 0 Å². The van der Waals surface area contributed by atoms with Crippen molar-refractivity contribution in [2.45, 2.75) is 19.3 Å². The summed E-state index contributed by atoms with van der Waals surface area (Å²) in [4.78, 5) is 11.0. The quantitative estimate of drug-likeness (QED) is 0.631. The molecule has 0 N–H and O–H groups in total. The summed E-state index contributed by atoms with van der Waals surface area (Å²) in [5, 5.41) is 0. The molecule has 1 heterocycles. The van der Waals surface area contributed by atoms with Crippen LogP contribution in [0.4, 0.5) is 0 Å². The molecule has 70 valence electrons. The monoisotopic (exact) mass is 186 g/mol. The molecule has 0 unspecified atom stereocenters. The number of hydrogen-bond acceptors (Lipinski definition) is 2. The Morgan fingerprint density at radius 3 is 2.86 bits per heavy atom. The van der Waals surface area contributed by atoms with E-state index in [1.165, 1.54) is 17.5 Å². The van der Waals surface area contributed by atoms with Crippen LogP contribution in [0.25, 0.3) is 11.3 Å². The Morgan fingerprint density at radius 2 is 1.93 bits per heavy atom. The van der Waals surface area contributed by atoms with Crippen molar-refractivity contribution in [1.29, 1.82) is 0 Å². The number of furan rings is 1. The zero-order valence-corrected chi connectivity index (χ0v) is 7.75. The Morgan fingerprint density at radius 1 is 1.07 bits per heavy atom. The molecule has 2 aliphatic carbocycles. The lowest BCUT2D eigenvalue weighted by Crippen LogP contribution is -1.84. The fourth-order valence-electron chi connectivity index (χ4n) is 2.13. The summed E-state index contributed by atoms with van der Waals surface area (Å²) in [5.74, 6) is 0.721. The zero-order valence-electron chi connectivity index (χ0n) is 7.75. The average molecular weight is 186 g/mol. The van der Waals surface area contributed by atoms with Gasteiger partial charge in [-0.15, -0.1) is 0 Å². The third kappa shape index (κ3) is 1.07. The van der Waals surface area contributed by atoms with Crippen molar-refractivity contribution in [3.63, 3.8) is 0 Å². The molecule has 1 aliphatic heterocycles. The van der Waals surface area contributed by atoms with Gasteiger partial charge in [0.1, 0.15) is 5.76 Å². The van der Waals surface area contributed by atoms with E-state index in [0.29, 0.717) is 0 Å². The predicted octanol–water partition coefficient (Wildman–Crippen LogP) is 2.23. The van der Waals surface area contributed by atoms with Crippen molar-refractivity contribution in [3.8, 4) is 11.3 Å². The van der Waals surface area contributed by atoms with Gasteiger partial charge in [0.25, 0.3) is 0 Å². The second kappa shape index (κ2) is 2.71. The van der Waals surface area contributed by atoms with Crippen molar-refractivity contribution in [2.75, 3.05) is 0 Å². The van der Waals surface area contributed by atoms with Crippen LogP contribution >= 0.6 is 0 Å². The Kier molecular flexibility index (Phi) is 1.51. The van der Waals surface area contributed by atoms with E-state index in [1.54, 1.807) is 6.07 Å². The summed E-state index contributed by atoms with van der Waals surface area (Å²) < 4.78 is 5.10. The lowest BCUT2D eigenvalue weighted by molar-refractivity contribution is 0.544. The molecule has 3 aliphatic rings. The standard InChI is InChI=1S/C12H10O2/c13-12-7-10-5-4-8-2-1-3-9(8)6-11(10)14-12/h4-7H,1-3H2. The van der Waals surface area contributed by atoms with Gasteiger partial charge in [-0.05, 0) is 36.5 Å². The summed E-state index contributed by atoms with van der Waals surface area (Å²) >= 11 is 0. The number of rotatable bonds is 0. The van der Waals surface area contributed by atoms with E-state index in [2.05, 4.69) is 6.07 Å². The van der Waals surface area contributed by atoms with Gasteiger partial charge in [-0.1, -0.05) is 12.1 Å². The molecule has 0 saturated carbocycles. The van der Waals surface area contributed by atoms with Crippen LogP contribution in [0.2, 0.25) is 0 Å². The fraction of sp³-hybridized carbons (Fsp3) is 0.250. The molecular weight excluding hydrogens is 176 g/mol. The highest BCUT2D eigenvalue weighted by Crippen LogP contribution is 2.27. The Bertz CT molecular complexity index is 510. The predicted molar refractivity (Wildman–Crippen MR) is 53.6 cm³/mol. The van der Waals surface area contributed by atoms with Crippen molar-refractivity contribution in [3.05, 3.63) is 45.8 Å². The zero-order chi connectivity index (χ0) is 9.54. The molecule has 0 aromatic heterocycles. The van der Waals surface area contributed by atoms with Crippen LogP contribution in [0, 0.1) is 0 Å². The van der Waals surface area contributed by atoms with Gasteiger partial charge in [-0.2, -0.15) is 0 Å². The lowest BCUT2D eigenvalue weighted by Gasteiger charge is -1.89. The van der Waals surface area contributed by atoms with Crippen LogP contribution in [0.1, 0.15) is 17.5 Å². The molecule has 0 spiro atoms. The molecule has 0 radical (unpaired) electrons. The maximum Gasteiger partial charge on any atom is 0.336 e. The first-order valence-electron chi connectivity index (χ1n) is 4.88. The summed E-state index contributed by atoms with van der Waals surface area (Å²) in [6.45, 7) is 0. The Labute approximate surface area is 81.5 Å². The highest BCUT2D eigenvalue weighted by Gasteiger charge is 2.13. The van der Waals surface area contributed by atoms with E-state index in [1.807, 2.05) is 12.1 Å². The molecule has 3 rings (SSSR count). The summed E-state index contributed by atoms with van der Waals surface area (Å²) in [5.41, 5.74) is 3.38. The van der Waals surface area contributed by atoms with Crippen LogP contribution in [-0.4, -0.2) is 0 Å². The molecule has 0 bridgehead atoms. The lowest BCUT2D eigenvalue weighted by atomic mass is 10.2. The van der Waals surface area contributed by atoms with Crippen molar-refractivity contribution >= 4 is 0 Å². The molecule has 0 aromatic rings. The summed E-state index contributed by atoms with van der Waals surface area (Å²) in [6.07, 6.45) is 3.47. The highest BCUT2D eigenvalue weighted by molar-refractivity contribution is 5.60. The number of aryl methyl sites for hydroxylation is 2. The van der Waals surface area contributed by atoms with Gasteiger partial charge in [0, 0.05) is 11.6 Å². The molecule has 0 amide bonds. The van der Waals surface area contributed by atoms with Crippen LogP contribution in [0.5, 0.6) is 0 Å². The van der Waals surface area contributed by atoms with Crippen LogP contribution in [-0.2, 0) is 12.8 Å². The molecule has 0 aromatic carbocycles. The first kappa shape index (κ1) is 7.80. The van der Waals surface area contributed by atoms with E-state index in [-0.39, 0.29) is 5.63 Å². The summed E-state index contributed by atoms with van der Waals surface area (Å²) in [6, 6.07) is 7.65. The molecule has 2 nitrogen and oxygen atoms in total. The van der Waals surface area contributed by atoms with Crippen LogP contribution in [0.15, 0.2) is 33.5 Å². The third-order valence-corrected chi connectivity index (χ3v) is 2.84. The summed E-state index contributed by atoms with van der Waals surface area (Å²) in [7, 11) is 0. The first-order chi connectivity index (χ1) is 6.83. The second-order valence-corrected chi connectivity index (χ2v) is 3.77. The fourth-order valence-corrected chi connectivity index (χ4v) is 2.13. The largest absolute Gasteiger partial charge is 0.423 e. The van der Waals surface area contributed by atoms with Gasteiger partial charge >= 0.3 is 5.63 Å². The smallest absolute Gasteiger partial charge is 0.336 e. The first-order valence-corrected chi connectivity index (χ1v) is 4.88.